The molecule has 7 heteroatoms. The van der Waals surface area contributed by atoms with Crippen LogP contribution in [0.2, 0.25) is 0 Å². The molecule has 4 nitrogen and oxygen atoms in total. The Labute approximate surface area is 210 Å². The number of aliphatic hydroxyl groups excluding tert-OH is 1. The van der Waals surface area contributed by atoms with Crippen LogP contribution in [0, 0.1) is 17.7 Å². The van der Waals surface area contributed by atoms with Crippen LogP contribution in [-0.2, 0) is 0 Å². The lowest BCUT2D eigenvalue weighted by atomic mass is 9.81. The Kier molecular flexibility index (Phi) is 9.35. The van der Waals surface area contributed by atoms with Gasteiger partial charge in [0.15, 0.2) is 0 Å². The predicted molar refractivity (Wildman–Crippen MR) is 138 cm³/mol. The molecule has 1 aromatic heterocycles. The molecule has 1 saturated heterocycles. The number of fused-ring (bicyclic) bond motifs is 1. The number of alkyl halides is 1. The number of piperidine rings is 1. The number of nitrogens with zero attached hydrogens (tertiary/aromatic N) is 2. The molecule has 1 aliphatic heterocycles. The summed E-state index contributed by atoms with van der Waals surface area (Å²) in [5, 5.41) is 10.8. The first kappa shape index (κ1) is 25.9. The third-order valence-electron chi connectivity index (χ3n) is 7.03. The highest BCUT2D eigenvalue weighted by molar-refractivity contribution is 7.99. The van der Waals surface area contributed by atoms with Gasteiger partial charge in [-0.25, -0.2) is 8.78 Å². The van der Waals surface area contributed by atoms with Gasteiger partial charge < -0.3 is 14.7 Å². The molecule has 0 unspecified atom stereocenters. The molecule has 4 rings (SSSR count). The number of rotatable bonds is 11. The van der Waals surface area contributed by atoms with Crippen LogP contribution in [0.15, 0.2) is 59.6 Å². The van der Waals surface area contributed by atoms with Crippen LogP contribution in [0.1, 0.15) is 37.4 Å². The SMILES string of the molecule is COc1ccc2nccc([C@@H](F)CC[C@@H]3CCN(CCCSc4ccccc4F)C[C@@H]3CO)c2c1. The van der Waals surface area contributed by atoms with E-state index >= 15 is 4.39 Å². The lowest BCUT2D eigenvalue weighted by Gasteiger charge is -2.38. The van der Waals surface area contributed by atoms with E-state index in [1.54, 1.807) is 37.2 Å². The smallest absolute Gasteiger partial charge is 0.136 e. The van der Waals surface area contributed by atoms with E-state index in [1.807, 2.05) is 30.3 Å². The van der Waals surface area contributed by atoms with Gasteiger partial charge in [0.05, 0.1) is 12.6 Å². The van der Waals surface area contributed by atoms with Crippen molar-refractivity contribution in [2.45, 2.75) is 36.8 Å². The average molecular weight is 501 g/mol. The summed E-state index contributed by atoms with van der Waals surface area (Å²) in [7, 11) is 1.60. The molecule has 35 heavy (non-hydrogen) atoms. The lowest BCUT2D eigenvalue weighted by Crippen LogP contribution is -2.42. The van der Waals surface area contributed by atoms with Crippen molar-refractivity contribution in [3.63, 3.8) is 0 Å². The number of hydrogen-bond donors (Lipinski definition) is 1. The monoisotopic (exact) mass is 500 g/mol. The first-order chi connectivity index (χ1) is 17.1. The minimum absolute atomic E-state index is 0.123. The second-order valence-corrected chi connectivity index (χ2v) is 10.4. The van der Waals surface area contributed by atoms with Crippen LogP contribution in [0.3, 0.4) is 0 Å². The number of pyridine rings is 1. The van der Waals surface area contributed by atoms with Crippen LogP contribution in [0.5, 0.6) is 5.75 Å². The Morgan fingerprint density at radius 2 is 2.06 bits per heavy atom. The highest BCUT2D eigenvalue weighted by Crippen LogP contribution is 2.35. The third kappa shape index (κ3) is 6.72. The van der Waals surface area contributed by atoms with Crippen molar-refractivity contribution in [3.8, 4) is 5.75 Å². The number of methoxy groups -OCH3 is 1. The Morgan fingerprint density at radius 1 is 1.20 bits per heavy atom. The van der Waals surface area contributed by atoms with Crippen molar-refractivity contribution in [1.29, 1.82) is 0 Å². The van der Waals surface area contributed by atoms with Crippen LogP contribution in [0.25, 0.3) is 10.9 Å². The number of thioether (sulfide) groups is 1. The fourth-order valence-electron chi connectivity index (χ4n) is 5.04. The van der Waals surface area contributed by atoms with E-state index in [-0.39, 0.29) is 18.3 Å². The second-order valence-electron chi connectivity index (χ2n) is 9.25. The van der Waals surface area contributed by atoms with E-state index in [0.717, 1.165) is 55.6 Å². The molecule has 0 radical (unpaired) electrons. The molecule has 3 atom stereocenters. The van der Waals surface area contributed by atoms with E-state index in [4.69, 9.17) is 4.74 Å². The maximum atomic E-state index is 15.4. The number of aliphatic hydroxyl groups is 1. The highest BCUT2D eigenvalue weighted by Gasteiger charge is 2.29. The normalized spacial score (nSPS) is 19.7. The molecule has 188 valence electrons. The minimum atomic E-state index is -1.08. The number of hydrogen-bond acceptors (Lipinski definition) is 5. The lowest BCUT2D eigenvalue weighted by molar-refractivity contribution is 0.0640. The molecule has 3 aromatic rings. The highest BCUT2D eigenvalue weighted by atomic mass is 32.2. The van der Waals surface area contributed by atoms with Gasteiger partial charge in [0.1, 0.15) is 17.7 Å². The maximum Gasteiger partial charge on any atom is 0.136 e. The first-order valence-electron chi connectivity index (χ1n) is 12.4. The van der Waals surface area contributed by atoms with Crippen LogP contribution < -0.4 is 4.74 Å². The Morgan fingerprint density at radius 3 is 2.86 bits per heavy atom. The standard InChI is InChI=1S/C28H34F2N2O2S/c1-34-22-8-10-27-24(17-22)23(11-13-31-27)25(29)9-7-20-12-15-32(18-21(20)19-33)14-4-16-35-28-6-3-2-5-26(28)30/h2-3,5-6,8,10-11,13,17,20-21,25,33H,4,7,9,12,14-16,18-19H2,1H3/t20-,21-,25+/m1/s1. The summed E-state index contributed by atoms with van der Waals surface area (Å²) in [6.07, 6.45) is 3.68. The molecular formula is C28H34F2N2O2S. The number of benzene rings is 2. The molecule has 1 N–H and O–H groups in total. The molecule has 1 aliphatic rings. The van der Waals surface area contributed by atoms with Crippen LogP contribution in [0.4, 0.5) is 8.78 Å². The van der Waals surface area contributed by atoms with Crippen molar-refractivity contribution in [3.05, 3.63) is 66.1 Å². The van der Waals surface area contributed by atoms with Gasteiger partial charge in [-0.2, -0.15) is 0 Å². The van der Waals surface area contributed by atoms with Gasteiger partial charge in [-0.05, 0) is 98.3 Å². The summed E-state index contributed by atoms with van der Waals surface area (Å²) in [6.45, 7) is 2.84. The molecule has 0 spiro atoms. The topological polar surface area (TPSA) is 45.6 Å². The molecule has 2 aromatic carbocycles. The molecular weight excluding hydrogens is 466 g/mol. The first-order valence-corrected chi connectivity index (χ1v) is 13.3. The summed E-state index contributed by atoms with van der Waals surface area (Å²) in [5.41, 5.74) is 1.42. The number of likely N-dealkylation sites (tertiary alicyclic amines) is 1. The number of aromatic nitrogens is 1. The Balaban J connectivity index is 1.26. The summed E-state index contributed by atoms with van der Waals surface area (Å²) in [6, 6.07) is 14.2. The van der Waals surface area contributed by atoms with Crippen molar-refractivity contribution < 1.29 is 18.6 Å². The minimum Gasteiger partial charge on any atom is -0.497 e. The van der Waals surface area contributed by atoms with E-state index in [2.05, 4.69) is 9.88 Å². The molecule has 0 aliphatic carbocycles. The molecule has 2 heterocycles. The maximum absolute atomic E-state index is 15.4. The summed E-state index contributed by atoms with van der Waals surface area (Å²) < 4.78 is 34.4. The van der Waals surface area contributed by atoms with E-state index in [9.17, 15) is 9.50 Å². The van der Waals surface area contributed by atoms with E-state index in [0.29, 0.717) is 28.5 Å². The summed E-state index contributed by atoms with van der Waals surface area (Å²) in [5.74, 6) is 1.86. The largest absolute Gasteiger partial charge is 0.497 e. The number of ether oxygens (including phenoxy) is 1. The molecule has 0 bridgehead atoms. The van der Waals surface area contributed by atoms with E-state index in [1.165, 1.54) is 6.07 Å². The van der Waals surface area contributed by atoms with Crippen molar-refractivity contribution in [1.82, 2.24) is 9.88 Å². The summed E-state index contributed by atoms with van der Waals surface area (Å²) in [4.78, 5) is 7.43. The third-order valence-corrected chi connectivity index (χ3v) is 8.17. The van der Waals surface area contributed by atoms with Crippen LogP contribution in [-0.4, -0.2) is 54.1 Å². The second kappa shape index (κ2) is 12.7. The van der Waals surface area contributed by atoms with E-state index < -0.39 is 6.17 Å². The van der Waals surface area contributed by atoms with Gasteiger partial charge in [0, 0.05) is 29.6 Å². The fourth-order valence-corrected chi connectivity index (χ4v) is 5.91. The van der Waals surface area contributed by atoms with Gasteiger partial charge >= 0.3 is 0 Å². The predicted octanol–water partition coefficient (Wildman–Crippen LogP) is 6.29. The quantitative estimate of drug-likeness (QED) is 0.248. The van der Waals surface area contributed by atoms with Crippen LogP contribution >= 0.6 is 11.8 Å². The van der Waals surface area contributed by atoms with Crippen molar-refractivity contribution >= 4 is 22.7 Å². The van der Waals surface area contributed by atoms with Crippen molar-refractivity contribution in [2.75, 3.05) is 39.1 Å². The molecule has 0 saturated carbocycles. The zero-order valence-corrected chi connectivity index (χ0v) is 21.0. The van der Waals surface area contributed by atoms with Gasteiger partial charge in [-0.3, -0.25) is 4.98 Å². The molecule has 1 fully saturated rings. The van der Waals surface area contributed by atoms with Crippen molar-refractivity contribution in [2.24, 2.45) is 11.8 Å². The molecule has 0 amide bonds. The fraction of sp³-hybridized carbons (Fsp3) is 0.464. The van der Waals surface area contributed by atoms with Gasteiger partial charge in [-0.15, -0.1) is 11.8 Å². The average Bonchev–Trinajstić information content (AvgIpc) is 2.90. The zero-order chi connectivity index (χ0) is 24.6. The number of halogens is 2. The Hall–Kier alpha value is -2.22. The summed E-state index contributed by atoms with van der Waals surface area (Å²) >= 11 is 1.55. The zero-order valence-electron chi connectivity index (χ0n) is 20.2. The Bertz CT molecular complexity index is 1100. The van der Waals surface area contributed by atoms with Gasteiger partial charge in [0.25, 0.3) is 0 Å². The van der Waals surface area contributed by atoms with Gasteiger partial charge in [0.2, 0.25) is 0 Å². The van der Waals surface area contributed by atoms with Gasteiger partial charge in [-0.1, -0.05) is 12.1 Å².